The zero-order valence-electron chi connectivity index (χ0n) is 10.7. The third kappa shape index (κ3) is 1.72. The van der Waals surface area contributed by atoms with E-state index in [0.717, 1.165) is 31.2 Å². The van der Waals surface area contributed by atoms with Crippen molar-refractivity contribution in [1.82, 2.24) is 4.98 Å². The number of ketones is 1. The molecule has 2 aliphatic rings. The van der Waals surface area contributed by atoms with Gasteiger partial charge in [-0.25, -0.2) is 0 Å². The molecule has 2 bridgehead atoms. The molecule has 19 heavy (non-hydrogen) atoms. The van der Waals surface area contributed by atoms with Crippen molar-refractivity contribution in [1.29, 1.82) is 0 Å². The smallest absolute Gasteiger partial charge is 0.137 e. The first kappa shape index (κ1) is 11.0. The van der Waals surface area contributed by atoms with Crippen LogP contribution in [0.15, 0.2) is 36.5 Å². The second-order valence-electron chi connectivity index (χ2n) is 5.62. The Morgan fingerprint density at radius 3 is 2.68 bits per heavy atom. The van der Waals surface area contributed by atoms with Crippen LogP contribution < -0.4 is 4.90 Å². The zero-order valence-corrected chi connectivity index (χ0v) is 10.7. The van der Waals surface area contributed by atoms with E-state index in [4.69, 9.17) is 0 Å². The highest BCUT2D eigenvalue weighted by molar-refractivity contribution is 5.86. The number of hydrogen-bond donors (Lipinski definition) is 0. The number of aromatic nitrogens is 1. The third-order valence-corrected chi connectivity index (χ3v) is 4.43. The number of carbonyl (C=O) groups excluding carboxylic acids is 1. The van der Waals surface area contributed by atoms with E-state index in [1.807, 2.05) is 12.3 Å². The minimum absolute atomic E-state index is 0.417. The van der Waals surface area contributed by atoms with Crippen molar-refractivity contribution >= 4 is 22.4 Å². The predicted octanol–water partition coefficient (Wildman–Crippen LogP) is 2.94. The minimum atomic E-state index is 0.417. The highest BCUT2D eigenvalue weighted by atomic mass is 16.1. The first-order valence-electron chi connectivity index (χ1n) is 6.96. The lowest BCUT2D eigenvalue weighted by atomic mass is 10.00. The van der Waals surface area contributed by atoms with Crippen LogP contribution in [0.1, 0.15) is 25.7 Å². The largest absolute Gasteiger partial charge is 0.365 e. The van der Waals surface area contributed by atoms with E-state index in [2.05, 4.69) is 34.1 Å². The monoisotopic (exact) mass is 252 g/mol. The fraction of sp³-hybridized carbons (Fsp3) is 0.375. The highest BCUT2D eigenvalue weighted by Crippen LogP contribution is 2.38. The molecule has 2 atom stereocenters. The summed E-state index contributed by atoms with van der Waals surface area (Å²) >= 11 is 0. The van der Waals surface area contributed by atoms with Crippen molar-refractivity contribution in [2.45, 2.75) is 37.8 Å². The van der Waals surface area contributed by atoms with E-state index in [0.29, 0.717) is 17.9 Å². The summed E-state index contributed by atoms with van der Waals surface area (Å²) < 4.78 is 0. The number of pyridine rings is 1. The first-order chi connectivity index (χ1) is 9.31. The van der Waals surface area contributed by atoms with Crippen LogP contribution >= 0.6 is 0 Å². The minimum Gasteiger partial charge on any atom is -0.365 e. The molecule has 0 saturated carbocycles. The predicted molar refractivity (Wildman–Crippen MR) is 75.3 cm³/mol. The summed E-state index contributed by atoms with van der Waals surface area (Å²) in [5.74, 6) is 0.436. The quantitative estimate of drug-likeness (QED) is 0.782. The molecular formula is C16H16N2O. The Kier molecular flexibility index (Phi) is 2.34. The Hall–Kier alpha value is -1.90. The van der Waals surface area contributed by atoms with Gasteiger partial charge in [0.1, 0.15) is 5.78 Å². The number of benzene rings is 1. The number of rotatable bonds is 1. The molecule has 3 heterocycles. The van der Waals surface area contributed by atoms with Crippen LogP contribution in [0.4, 0.5) is 5.69 Å². The molecule has 2 saturated heterocycles. The summed E-state index contributed by atoms with van der Waals surface area (Å²) in [5.41, 5.74) is 2.28. The summed E-state index contributed by atoms with van der Waals surface area (Å²) in [6, 6.07) is 11.4. The maximum atomic E-state index is 11.7. The van der Waals surface area contributed by atoms with Gasteiger partial charge in [0.15, 0.2) is 0 Å². The Morgan fingerprint density at radius 2 is 1.89 bits per heavy atom. The van der Waals surface area contributed by atoms with Gasteiger partial charge in [0.2, 0.25) is 0 Å². The van der Waals surface area contributed by atoms with Gasteiger partial charge in [-0.2, -0.15) is 0 Å². The molecule has 2 unspecified atom stereocenters. The van der Waals surface area contributed by atoms with Crippen LogP contribution in [0.5, 0.6) is 0 Å². The van der Waals surface area contributed by atoms with Gasteiger partial charge in [0, 0.05) is 42.2 Å². The maximum absolute atomic E-state index is 11.7. The molecule has 0 spiro atoms. The van der Waals surface area contributed by atoms with Crippen LogP contribution in [-0.2, 0) is 4.79 Å². The van der Waals surface area contributed by atoms with Crippen molar-refractivity contribution in [3.63, 3.8) is 0 Å². The van der Waals surface area contributed by atoms with Crippen molar-refractivity contribution in [2.75, 3.05) is 4.90 Å². The molecule has 1 aromatic heterocycles. The topological polar surface area (TPSA) is 33.2 Å². The lowest BCUT2D eigenvalue weighted by Gasteiger charge is -2.36. The van der Waals surface area contributed by atoms with Gasteiger partial charge in [-0.1, -0.05) is 6.07 Å². The molecule has 1 aromatic carbocycles. The van der Waals surface area contributed by atoms with E-state index >= 15 is 0 Å². The van der Waals surface area contributed by atoms with E-state index < -0.39 is 0 Å². The van der Waals surface area contributed by atoms with Crippen LogP contribution in [0.2, 0.25) is 0 Å². The maximum Gasteiger partial charge on any atom is 0.137 e. The normalized spacial score (nSPS) is 26.1. The summed E-state index contributed by atoms with van der Waals surface area (Å²) in [6.07, 6.45) is 5.58. The standard InChI is InChI=1S/C16H16N2O/c19-15-9-13-3-4-14(10-15)18(13)12-5-6-16-11(8-12)2-1-7-17-16/h1-2,5-8,13-14H,3-4,9-10H2. The molecule has 0 radical (unpaired) electrons. The van der Waals surface area contributed by atoms with Gasteiger partial charge in [-0.15, -0.1) is 0 Å². The zero-order chi connectivity index (χ0) is 12.8. The Morgan fingerprint density at radius 1 is 1.11 bits per heavy atom. The lowest BCUT2D eigenvalue weighted by molar-refractivity contribution is -0.120. The highest BCUT2D eigenvalue weighted by Gasteiger charge is 2.40. The lowest BCUT2D eigenvalue weighted by Crippen LogP contribution is -2.43. The summed E-state index contributed by atoms with van der Waals surface area (Å²) in [4.78, 5) is 18.5. The fourth-order valence-electron chi connectivity index (χ4n) is 3.62. The number of piperidine rings is 1. The average Bonchev–Trinajstić information content (AvgIpc) is 2.70. The first-order valence-corrected chi connectivity index (χ1v) is 6.96. The number of nitrogens with zero attached hydrogens (tertiary/aromatic N) is 2. The van der Waals surface area contributed by atoms with E-state index in [1.165, 1.54) is 11.1 Å². The van der Waals surface area contributed by atoms with Gasteiger partial charge in [-0.3, -0.25) is 9.78 Å². The second-order valence-corrected chi connectivity index (χ2v) is 5.62. The Balaban J connectivity index is 1.76. The van der Waals surface area contributed by atoms with E-state index in [9.17, 15) is 4.79 Å². The molecule has 2 aromatic rings. The molecule has 0 aliphatic carbocycles. The van der Waals surface area contributed by atoms with E-state index in [1.54, 1.807) is 0 Å². The molecule has 4 rings (SSSR count). The number of anilines is 1. The summed E-state index contributed by atoms with van der Waals surface area (Å²) in [5, 5.41) is 1.18. The molecule has 3 heteroatoms. The number of Topliss-reactive ketones (excluding diaryl/α,β-unsaturated/α-hetero) is 1. The summed E-state index contributed by atoms with van der Waals surface area (Å²) in [6.45, 7) is 0. The van der Waals surface area contributed by atoms with Crippen molar-refractivity contribution in [3.8, 4) is 0 Å². The molecule has 0 amide bonds. The average molecular weight is 252 g/mol. The van der Waals surface area contributed by atoms with Crippen LogP contribution in [-0.4, -0.2) is 22.9 Å². The molecule has 3 nitrogen and oxygen atoms in total. The third-order valence-electron chi connectivity index (χ3n) is 4.43. The Bertz CT molecular complexity index is 636. The number of hydrogen-bond acceptors (Lipinski definition) is 3. The van der Waals surface area contributed by atoms with Crippen molar-refractivity contribution in [3.05, 3.63) is 36.5 Å². The molecular weight excluding hydrogens is 236 g/mol. The van der Waals surface area contributed by atoms with Crippen LogP contribution in [0.3, 0.4) is 0 Å². The fourth-order valence-corrected chi connectivity index (χ4v) is 3.62. The molecule has 2 fully saturated rings. The van der Waals surface area contributed by atoms with Crippen LogP contribution in [0.25, 0.3) is 10.9 Å². The van der Waals surface area contributed by atoms with Gasteiger partial charge in [-0.05, 0) is 37.1 Å². The number of carbonyl (C=O) groups is 1. The summed E-state index contributed by atoms with van der Waals surface area (Å²) in [7, 11) is 0. The van der Waals surface area contributed by atoms with Crippen molar-refractivity contribution < 1.29 is 4.79 Å². The van der Waals surface area contributed by atoms with Gasteiger partial charge >= 0.3 is 0 Å². The van der Waals surface area contributed by atoms with Gasteiger partial charge < -0.3 is 4.90 Å². The molecule has 96 valence electrons. The molecule has 0 N–H and O–H groups in total. The SMILES string of the molecule is O=C1CC2CCC(C1)N2c1ccc2ncccc2c1. The van der Waals surface area contributed by atoms with Gasteiger partial charge in [0.25, 0.3) is 0 Å². The van der Waals surface area contributed by atoms with Crippen LogP contribution in [0, 0.1) is 0 Å². The van der Waals surface area contributed by atoms with Gasteiger partial charge in [0.05, 0.1) is 5.52 Å². The Labute approximate surface area is 112 Å². The second kappa shape index (κ2) is 4.05. The van der Waals surface area contributed by atoms with Crippen molar-refractivity contribution in [2.24, 2.45) is 0 Å². The molecule has 2 aliphatic heterocycles. The number of fused-ring (bicyclic) bond motifs is 3. The van der Waals surface area contributed by atoms with E-state index in [-0.39, 0.29) is 0 Å².